The summed E-state index contributed by atoms with van der Waals surface area (Å²) in [5.41, 5.74) is 9.02. The van der Waals surface area contributed by atoms with E-state index in [1.54, 1.807) is 24.5 Å². The Kier molecular flexibility index (Phi) is 12.7. The summed E-state index contributed by atoms with van der Waals surface area (Å²) in [6.07, 6.45) is 12.4. The summed E-state index contributed by atoms with van der Waals surface area (Å²) in [6, 6.07) is 12.6. The fourth-order valence-electron chi connectivity index (χ4n) is 8.66. The van der Waals surface area contributed by atoms with Crippen molar-refractivity contribution in [3.63, 3.8) is 0 Å². The molecule has 2 aliphatic heterocycles. The first kappa shape index (κ1) is 39.1. The van der Waals surface area contributed by atoms with Crippen LogP contribution >= 0.6 is 0 Å². The van der Waals surface area contributed by atoms with E-state index in [2.05, 4.69) is 22.1 Å². The minimum absolute atomic E-state index is 0.0647. The van der Waals surface area contributed by atoms with Gasteiger partial charge in [-0.25, -0.2) is 4.99 Å². The van der Waals surface area contributed by atoms with Crippen LogP contribution in [0.25, 0.3) is 0 Å². The van der Waals surface area contributed by atoms with Gasteiger partial charge in [-0.05, 0) is 85.5 Å². The van der Waals surface area contributed by atoms with E-state index in [-0.39, 0.29) is 53.6 Å². The number of ether oxygens (including phenoxy) is 4. The maximum atomic E-state index is 12.3. The van der Waals surface area contributed by atoms with Crippen LogP contribution < -0.4 is 20.5 Å². The van der Waals surface area contributed by atoms with Gasteiger partial charge in [0.2, 0.25) is 5.75 Å². The number of carbonyl (C=O) groups excluding carboxylic acids is 1. The lowest BCUT2D eigenvalue weighted by atomic mass is 9.82. The highest BCUT2D eigenvalue weighted by Crippen LogP contribution is 2.44. The number of esters is 1. The smallest absolute Gasteiger partial charge is 0.302 e. The highest BCUT2D eigenvalue weighted by molar-refractivity contribution is 5.78. The van der Waals surface area contributed by atoms with E-state index >= 15 is 0 Å². The van der Waals surface area contributed by atoms with Crippen molar-refractivity contribution in [2.24, 2.45) is 22.6 Å². The molecule has 3 aromatic rings. The predicted octanol–water partition coefficient (Wildman–Crippen LogP) is 6.39. The monoisotopic (exact) mass is 766 g/mol. The number of fused-ring (bicyclic) bond motifs is 3. The molecule has 0 radical (unpaired) electrons. The lowest BCUT2D eigenvalue weighted by molar-refractivity contribution is -0.164. The molecule has 3 heterocycles. The highest BCUT2D eigenvalue weighted by atomic mass is 16.6. The minimum atomic E-state index is -0.587. The maximum Gasteiger partial charge on any atom is 0.302 e. The molecule has 0 amide bonds. The van der Waals surface area contributed by atoms with Crippen molar-refractivity contribution in [3.05, 3.63) is 71.5 Å². The third-order valence-corrected chi connectivity index (χ3v) is 11.5. The number of aromatic hydroxyl groups is 3. The summed E-state index contributed by atoms with van der Waals surface area (Å²) >= 11 is 0. The molecule has 3 fully saturated rings. The molecule has 12 nitrogen and oxygen atoms in total. The Morgan fingerprint density at radius 3 is 2.68 bits per heavy atom. The van der Waals surface area contributed by atoms with Gasteiger partial charge in [0.1, 0.15) is 12.2 Å². The van der Waals surface area contributed by atoms with Gasteiger partial charge >= 0.3 is 5.97 Å². The fraction of sp³-hybridized carbons (Fsp3) is 0.523. The van der Waals surface area contributed by atoms with E-state index in [9.17, 15) is 20.1 Å². The molecule has 56 heavy (non-hydrogen) atoms. The number of phenols is 3. The third-order valence-electron chi connectivity index (χ3n) is 11.5. The second kappa shape index (κ2) is 18.2. The maximum absolute atomic E-state index is 12.3. The van der Waals surface area contributed by atoms with E-state index < -0.39 is 24.3 Å². The van der Waals surface area contributed by atoms with Crippen LogP contribution in [0.4, 0.5) is 0 Å². The zero-order chi connectivity index (χ0) is 39.0. The topological polar surface area (TPSA) is 178 Å². The summed E-state index contributed by atoms with van der Waals surface area (Å²) < 4.78 is 25.2. The van der Waals surface area contributed by atoms with Gasteiger partial charge in [0.15, 0.2) is 29.0 Å². The number of nitrogens with two attached hydrogens (primary N) is 1. The molecule has 12 heteroatoms. The van der Waals surface area contributed by atoms with Crippen molar-refractivity contribution in [1.29, 1.82) is 0 Å². The zero-order valence-electron chi connectivity index (χ0n) is 32.1. The third kappa shape index (κ3) is 9.98. The van der Waals surface area contributed by atoms with Gasteiger partial charge in [-0.2, -0.15) is 0 Å². The Hall–Kier alpha value is -5.15. The Labute approximate surface area is 328 Å². The number of pyridine rings is 1. The zero-order valence-corrected chi connectivity index (χ0v) is 32.1. The number of aliphatic imine (C=N–C) groups is 1. The standard InChI is InChI=1S/C44H54N4O8/c1-27(49)54-33-24-39(56-40(25-33)31-22-37(51)43(52)42(23-31)53-19-17-28-8-7-18-46-26-28)30-9-5-12-34-35(48-44(45)47-32-10-3-2-4-11-32)13-6-14-38(34)55-41-21-29(20-30)15-16-36(41)50/h7-8,15-16,18,21-23,26,30,32-35,38-40,50-52H,2-4,6,9-11,13-14,17,19-20,24-25H2,1H3,(H3,45,47,48)/t30-,33+,34-,35+,38-,39-,40+/m1/s1. The molecule has 2 aliphatic carbocycles. The molecule has 1 saturated heterocycles. The summed E-state index contributed by atoms with van der Waals surface area (Å²) in [5, 5.41) is 35.9. The van der Waals surface area contributed by atoms with Gasteiger partial charge < -0.3 is 45.3 Å². The normalized spacial score (nSPS) is 26.9. The molecule has 2 saturated carbocycles. The number of nitrogens with zero attached hydrogens (tertiary/aromatic N) is 2. The van der Waals surface area contributed by atoms with Crippen molar-refractivity contribution in [3.8, 4) is 40.6 Å². The number of rotatable bonds is 9. The number of hydrogen-bond acceptors (Lipinski definition) is 10. The van der Waals surface area contributed by atoms with E-state index in [1.807, 2.05) is 24.3 Å². The molecule has 6 N–H and O–H groups in total. The Morgan fingerprint density at radius 2 is 1.88 bits per heavy atom. The summed E-state index contributed by atoms with van der Waals surface area (Å²) in [6.45, 7) is 1.65. The van der Waals surface area contributed by atoms with Gasteiger partial charge in [-0.15, -0.1) is 5.92 Å². The second-order valence-electron chi connectivity index (χ2n) is 15.7. The molecule has 298 valence electrons. The summed E-state index contributed by atoms with van der Waals surface area (Å²) in [7, 11) is 0. The van der Waals surface area contributed by atoms with Gasteiger partial charge in [0.05, 0.1) is 30.8 Å². The molecule has 0 spiro atoms. The average molecular weight is 767 g/mol. The van der Waals surface area contributed by atoms with Crippen molar-refractivity contribution in [1.82, 2.24) is 10.3 Å². The number of aromatic nitrogens is 1. The predicted molar refractivity (Wildman–Crippen MR) is 210 cm³/mol. The number of nitrogens with one attached hydrogen (secondary N) is 1. The SMILES string of the molecule is CC(=O)O[C@@H]1C[C@@H](c2cc(O)c(O)c(OCCc3cccnc3)c2)O[C@@H]([C@@H]2CC#C[C@@H]3[C@@H](N=C(N)NC4CCCCC4)CCC[C@H]3Oc3cc(ccc3O)C2)C1. The van der Waals surface area contributed by atoms with Crippen LogP contribution in [0.1, 0.15) is 100 Å². The Balaban J connectivity index is 1.15. The number of hydrogen-bond donors (Lipinski definition) is 5. The van der Waals surface area contributed by atoms with E-state index in [0.717, 1.165) is 43.2 Å². The number of phenolic OH excluding ortho intramolecular Hbond substituents is 3. The number of carbonyl (C=O) groups is 1. The average Bonchev–Trinajstić information content (AvgIpc) is 3.21. The second-order valence-corrected chi connectivity index (χ2v) is 15.7. The van der Waals surface area contributed by atoms with Crippen LogP contribution in [0.3, 0.4) is 0 Å². The Bertz CT molecular complexity index is 1910. The van der Waals surface area contributed by atoms with Crippen LogP contribution in [0.2, 0.25) is 0 Å². The molecule has 7 atom stereocenters. The molecule has 1 aromatic heterocycles. The van der Waals surface area contributed by atoms with Crippen LogP contribution in [-0.4, -0.2) is 69.2 Å². The lowest BCUT2D eigenvalue weighted by Crippen LogP contribution is -2.44. The van der Waals surface area contributed by atoms with Crippen molar-refractivity contribution < 1.29 is 39.1 Å². The summed E-state index contributed by atoms with van der Waals surface area (Å²) in [5.74, 6) is 6.63. The molecule has 0 unspecified atom stereocenters. The molecular weight excluding hydrogens is 713 g/mol. The highest BCUT2D eigenvalue weighted by Gasteiger charge is 2.39. The van der Waals surface area contributed by atoms with Crippen LogP contribution in [0, 0.1) is 23.7 Å². The molecule has 2 aromatic carbocycles. The van der Waals surface area contributed by atoms with E-state index in [0.29, 0.717) is 55.4 Å². The van der Waals surface area contributed by atoms with E-state index in [4.69, 9.17) is 29.7 Å². The molecule has 2 bridgehead atoms. The Morgan fingerprint density at radius 1 is 1.02 bits per heavy atom. The molecule has 7 rings (SSSR count). The number of benzene rings is 2. The van der Waals surface area contributed by atoms with Crippen molar-refractivity contribution >= 4 is 11.9 Å². The first-order chi connectivity index (χ1) is 27.2. The molecule has 4 aliphatic rings. The van der Waals surface area contributed by atoms with Gasteiger partial charge in [-0.3, -0.25) is 9.78 Å². The fourth-order valence-corrected chi connectivity index (χ4v) is 8.66. The van der Waals surface area contributed by atoms with Crippen molar-refractivity contribution in [2.75, 3.05) is 6.61 Å². The molecular formula is C44H54N4O8. The van der Waals surface area contributed by atoms with Crippen LogP contribution in [-0.2, 0) is 27.1 Å². The van der Waals surface area contributed by atoms with Gasteiger partial charge in [-0.1, -0.05) is 37.3 Å². The lowest BCUT2D eigenvalue weighted by Gasteiger charge is -2.39. The first-order valence-corrected chi connectivity index (χ1v) is 20.2. The van der Waals surface area contributed by atoms with Crippen LogP contribution in [0.5, 0.6) is 28.7 Å². The minimum Gasteiger partial charge on any atom is -0.504 e. The quantitative estimate of drug-likeness (QED) is 0.0536. The van der Waals surface area contributed by atoms with Crippen molar-refractivity contribution in [2.45, 2.75) is 127 Å². The largest absolute Gasteiger partial charge is 0.504 e. The van der Waals surface area contributed by atoms with Gasteiger partial charge in [0.25, 0.3) is 0 Å². The first-order valence-electron chi connectivity index (χ1n) is 20.2. The summed E-state index contributed by atoms with van der Waals surface area (Å²) in [4.78, 5) is 21.4. The van der Waals surface area contributed by atoms with Gasteiger partial charge in [0, 0.05) is 57.0 Å². The van der Waals surface area contributed by atoms with E-state index in [1.165, 1.54) is 32.3 Å². The number of guanidine groups is 1. The van der Waals surface area contributed by atoms with Crippen LogP contribution in [0.15, 0.2) is 59.9 Å².